The van der Waals surface area contributed by atoms with Crippen LogP contribution in [0.1, 0.15) is 5.56 Å². The number of carbonyl (C=O) groups excluding carboxylic acids is 1. The highest BCUT2D eigenvalue weighted by Crippen LogP contribution is 2.30. The predicted molar refractivity (Wildman–Crippen MR) is 136 cm³/mol. The lowest BCUT2D eigenvalue weighted by Crippen LogP contribution is -2.41. The molecule has 34 heavy (non-hydrogen) atoms. The molecule has 3 rings (SSSR count). The van der Waals surface area contributed by atoms with Crippen LogP contribution < -0.4 is 19.1 Å². The van der Waals surface area contributed by atoms with Crippen LogP contribution in [0.5, 0.6) is 11.5 Å². The Labute approximate surface area is 212 Å². The fourth-order valence-corrected chi connectivity index (χ4v) is 5.30. The molecule has 0 spiro atoms. The first-order valence-corrected chi connectivity index (χ1v) is 12.9. The standard InChI is InChI=1S/C24H24BrClN2O5S/c1-17-3-7-19(8-4-17)28(34(30,31)21-11-12-23(32-2)22(25)15-21)16-24(29)27-13-14-33-20-9-5-18(26)6-10-20/h3-12,15H,13-14,16H2,1-2H3,(H,27,29). The van der Waals surface area contributed by atoms with E-state index in [2.05, 4.69) is 21.2 Å². The molecule has 0 fully saturated rings. The summed E-state index contributed by atoms with van der Waals surface area (Å²) in [5.41, 5.74) is 1.35. The van der Waals surface area contributed by atoms with Gasteiger partial charge in [-0.1, -0.05) is 29.3 Å². The lowest BCUT2D eigenvalue weighted by atomic mass is 10.2. The molecule has 0 saturated carbocycles. The van der Waals surface area contributed by atoms with Crippen LogP contribution in [-0.2, 0) is 14.8 Å². The number of nitrogens with zero attached hydrogens (tertiary/aromatic N) is 1. The summed E-state index contributed by atoms with van der Waals surface area (Å²) in [6.45, 7) is 1.93. The highest BCUT2D eigenvalue weighted by Gasteiger charge is 2.28. The van der Waals surface area contributed by atoms with Crippen molar-refractivity contribution in [1.82, 2.24) is 5.32 Å². The quantitative estimate of drug-likeness (QED) is 0.356. The first-order valence-electron chi connectivity index (χ1n) is 10.3. The van der Waals surface area contributed by atoms with Crippen molar-refractivity contribution in [2.75, 3.05) is 31.1 Å². The monoisotopic (exact) mass is 566 g/mol. The predicted octanol–water partition coefficient (Wildman–Crippen LogP) is 4.81. The number of nitrogens with one attached hydrogen (secondary N) is 1. The Morgan fingerprint density at radius 1 is 1.06 bits per heavy atom. The molecule has 0 aliphatic carbocycles. The molecule has 0 aromatic heterocycles. The molecule has 0 aliphatic rings. The topological polar surface area (TPSA) is 84.9 Å². The number of methoxy groups -OCH3 is 1. The van der Waals surface area contributed by atoms with Gasteiger partial charge in [-0.05, 0) is 77.5 Å². The number of rotatable bonds is 10. The third-order valence-electron chi connectivity index (χ3n) is 4.83. The summed E-state index contributed by atoms with van der Waals surface area (Å²) in [4.78, 5) is 12.7. The Morgan fingerprint density at radius 2 is 1.74 bits per heavy atom. The number of hydrogen-bond donors (Lipinski definition) is 1. The van der Waals surface area contributed by atoms with Crippen molar-refractivity contribution in [2.24, 2.45) is 0 Å². The van der Waals surface area contributed by atoms with Crippen LogP contribution in [-0.4, -0.2) is 41.1 Å². The van der Waals surface area contributed by atoms with Gasteiger partial charge in [0.1, 0.15) is 24.7 Å². The number of aryl methyl sites for hydroxylation is 1. The molecule has 7 nitrogen and oxygen atoms in total. The average Bonchev–Trinajstić information content (AvgIpc) is 2.82. The van der Waals surface area contributed by atoms with E-state index in [9.17, 15) is 13.2 Å². The van der Waals surface area contributed by atoms with Crippen molar-refractivity contribution < 1.29 is 22.7 Å². The van der Waals surface area contributed by atoms with Crippen LogP contribution in [0.3, 0.4) is 0 Å². The van der Waals surface area contributed by atoms with Gasteiger partial charge < -0.3 is 14.8 Å². The van der Waals surface area contributed by atoms with Crippen LogP contribution in [0.15, 0.2) is 76.1 Å². The number of anilines is 1. The SMILES string of the molecule is COc1ccc(S(=O)(=O)N(CC(=O)NCCOc2ccc(Cl)cc2)c2ccc(C)cc2)cc1Br. The molecule has 0 radical (unpaired) electrons. The summed E-state index contributed by atoms with van der Waals surface area (Å²) in [6, 6.07) is 18.2. The van der Waals surface area contributed by atoms with E-state index in [0.29, 0.717) is 26.7 Å². The average molecular weight is 568 g/mol. The largest absolute Gasteiger partial charge is 0.496 e. The van der Waals surface area contributed by atoms with Crippen LogP contribution in [0, 0.1) is 6.92 Å². The van der Waals surface area contributed by atoms with Gasteiger partial charge in [0.2, 0.25) is 5.91 Å². The Balaban J connectivity index is 1.74. The minimum absolute atomic E-state index is 0.0274. The lowest BCUT2D eigenvalue weighted by Gasteiger charge is -2.24. The van der Waals surface area contributed by atoms with Gasteiger partial charge in [-0.2, -0.15) is 0 Å². The smallest absolute Gasteiger partial charge is 0.264 e. The van der Waals surface area contributed by atoms with Crippen LogP contribution >= 0.6 is 27.5 Å². The molecule has 0 bridgehead atoms. The molecule has 3 aromatic rings. The zero-order valence-electron chi connectivity index (χ0n) is 18.6. The van der Waals surface area contributed by atoms with E-state index in [1.807, 2.05) is 6.92 Å². The van der Waals surface area contributed by atoms with Crippen LogP contribution in [0.25, 0.3) is 0 Å². The number of benzene rings is 3. The maximum absolute atomic E-state index is 13.5. The van der Waals surface area contributed by atoms with Crippen molar-refractivity contribution in [3.63, 3.8) is 0 Å². The molecule has 0 aliphatic heterocycles. The van der Waals surface area contributed by atoms with Crippen molar-refractivity contribution in [3.8, 4) is 11.5 Å². The molecule has 180 valence electrons. The molecule has 0 heterocycles. The lowest BCUT2D eigenvalue weighted by molar-refractivity contribution is -0.119. The maximum atomic E-state index is 13.5. The van der Waals surface area contributed by atoms with Gasteiger partial charge in [0.05, 0.1) is 28.7 Å². The number of carbonyl (C=O) groups is 1. The normalized spacial score (nSPS) is 11.1. The summed E-state index contributed by atoms with van der Waals surface area (Å²) in [6.07, 6.45) is 0. The fraction of sp³-hybridized carbons (Fsp3) is 0.208. The number of halogens is 2. The van der Waals surface area contributed by atoms with E-state index < -0.39 is 22.5 Å². The third kappa shape index (κ3) is 6.65. The van der Waals surface area contributed by atoms with E-state index >= 15 is 0 Å². The molecule has 3 aromatic carbocycles. The first-order chi connectivity index (χ1) is 16.2. The summed E-state index contributed by atoms with van der Waals surface area (Å²) in [5.74, 6) is 0.656. The number of hydrogen-bond acceptors (Lipinski definition) is 5. The van der Waals surface area contributed by atoms with Crippen molar-refractivity contribution in [2.45, 2.75) is 11.8 Å². The summed E-state index contributed by atoms with van der Waals surface area (Å²) < 4.78 is 39.3. The van der Waals surface area contributed by atoms with Gasteiger partial charge in [-0.3, -0.25) is 9.10 Å². The second-order valence-electron chi connectivity index (χ2n) is 7.30. The second kappa shape index (κ2) is 11.6. The van der Waals surface area contributed by atoms with E-state index in [1.165, 1.54) is 19.2 Å². The second-order valence-corrected chi connectivity index (χ2v) is 10.4. The Morgan fingerprint density at radius 3 is 2.35 bits per heavy atom. The summed E-state index contributed by atoms with van der Waals surface area (Å²) in [5, 5.41) is 3.30. The molecule has 0 saturated heterocycles. The number of ether oxygens (including phenoxy) is 2. The van der Waals surface area contributed by atoms with Gasteiger partial charge in [-0.15, -0.1) is 0 Å². The zero-order valence-corrected chi connectivity index (χ0v) is 21.8. The number of sulfonamides is 1. The van der Waals surface area contributed by atoms with Crippen molar-refractivity contribution in [3.05, 3.63) is 81.8 Å². The van der Waals surface area contributed by atoms with E-state index in [4.69, 9.17) is 21.1 Å². The van der Waals surface area contributed by atoms with Gasteiger partial charge >= 0.3 is 0 Å². The zero-order chi connectivity index (χ0) is 24.7. The van der Waals surface area contributed by atoms with E-state index in [0.717, 1.165) is 9.87 Å². The molecule has 1 N–H and O–H groups in total. The van der Waals surface area contributed by atoms with E-state index in [1.54, 1.807) is 54.6 Å². The van der Waals surface area contributed by atoms with Gasteiger partial charge in [-0.25, -0.2) is 8.42 Å². The molecular formula is C24H24BrClN2O5S. The van der Waals surface area contributed by atoms with Crippen molar-refractivity contribution >= 4 is 49.1 Å². The van der Waals surface area contributed by atoms with Crippen LogP contribution in [0.4, 0.5) is 5.69 Å². The molecule has 10 heteroatoms. The molecule has 0 unspecified atom stereocenters. The summed E-state index contributed by atoms with van der Waals surface area (Å²) in [7, 11) is -2.55. The van der Waals surface area contributed by atoms with Gasteiger partial charge in [0.25, 0.3) is 10.0 Å². The minimum Gasteiger partial charge on any atom is -0.496 e. The molecule has 0 atom stereocenters. The highest BCUT2D eigenvalue weighted by atomic mass is 79.9. The minimum atomic E-state index is -4.04. The van der Waals surface area contributed by atoms with Gasteiger partial charge in [0.15, 0.2) is 0 Å². The summed E-state index contributed by atoms with van der Waals surface area (Å²) >= 11 is 9.17. The van der Waals surface area contributed by atoms with Crippen LogP contribution in [0.2, 0.25) is 5.02 Å². The third-order valence-corrected chi connectivity index (χ3v) is 7.47. The molecular weight excluding hydrogens is 544 g/mol. The fourth-order valence-electron chi connectivity index (χ4n) is 3.04. The molecule has 1 amide bonds. The Bertz CT molecular complexity index is 1240. The van der Waals surface area contributed by atoms with Gasteiger partial charge in [0, 0.05) is 5.02 Å². The number of amides is 1. The maximum Gasteiger partial charge on any atom is 0.264 e. The highest BCUT2D eigenvalue weighted by molar-refractivity contribution is 9.10. The first kappa shape index (κ1) is 25.9. The Hall–Kier alpha value is -2.75. The van der Waals surface area contributed by atoms with Crippen molar-refractivity contribution in [1.29, 1.82) is 0 Å². The van der Waals surface area contributed by atoms with E-state index in [-0.39, 0.29) is 18.0 Å². The Kier molecular flexibility index (Phi) is 8.82.